The molecule has 1 rings (SSSR count). The van der Waals surface area contributed by atoms with Gasteiger partial charge >= 0.3 is 12.0 Å². The van der Waals surface area contributed by atoms with E-state index < -0.39 is 12.0 Å². The highest BCUT2D eigenvalue weighted by molar-refractivity contribution is 5.79. The second kappa shape index (κ2) is 5.88. The molecule has 0 spiro atoms. The van der Waals surface area contributed by atoms with Gasteiger partial charge in [-0.2, -0.15) is 5.10 Å². The minimum Gasteiger partial charge on any atom is -0.480 e. The molecule has 7 heteroatoms. The van der Waals surface area contributed by atoms with Crippen molar-refractivity contribution >= 4 is 12.0 Å². The second-order valence-corrected chi connectivity index (χ2v) is 3.75. The Morgan fingerprint density at radius 1 is 1.59 bits per heavy atom. The average Bonchev–Trinajstić information content (AvgIpc) is 2.63. The first-order valence-electron chi connectivity index (χ1n) is 5.17. The molecule has 2 amide bonds. The van der Waals surface area contributed by atoms with E-state index in [4.69, 9.17) is 5.11 Å². The smallest absolute Gasteiger partial charge is 0.323 e. The van der Waals surface area contributed by atoms with E-state index in [0.29, 0.717) is 13.0 Å². The molecule has 1 aromatic rings. The zero-order chi connectivity index (χ0) is 12.8. The number of amides is 2. The lowest BCUT2D eigenvalue weighted by atomic mass is 10.2. The van der Waals surface area contributed by atoms with Gasteiger partial charge in [0.2, 0.25) is 0 Å². The Morgan fingerprint density at radius 3 is 2.82 bits per heavy atom. The third-order valence-corrected chi connectivity index (χ3v) is 2.17. The van der Waals surface area contributed by atoms with Gasteiger partial charge in [-0.05, 0) is 12.0 Å². The number of carbonyl (C=O) groups is 2. The van der Waals surface area contributed by atoms with Crippen molar-refractivity contribution in [2.45, 2.75) is 6.42 Å². The lowest BCUT2D eigenvalue weighted by Crippen LogP contribution is -2.40. The van der Waals surface area contributed by atoms with Crippen LogP contribution < -0.4 is 5.32 Å². The highest BCUT2D eigenvalue weighted by Crippen LogP contribution is 1.96. The van der Waals surface area contributed by atoms with Crippen LogP contribution in [-0.2, 0) is 18.3 Å². The molecule has 2 N–H and O–H groups in total. The van der Waals surface area contributed by atoms with Crippen molar-refractivity contribution in [3.63, 3.8) is 0 Å². The van der Waals surface area contributed by atoms with Gasteiger partial charge in [0.25, 0.3) is 0 Å². The zero-order valence-corrected chi connectivity index (χ0v) is 9.88. The van der Waals surface area contributed by atoms with Crippen LogP contribution in [0.25, 0.3) is 0 Å². The van der Waals surface area contributed by atoms with E-state index in [1.54, 1.807) is 10.9 Å². The first-order valence-corrected chi connectivity index (χ1v) is 5.17. The molecule has 0 bridgehead atoms. The number of aryl methyl sites for hydroxylation is 1. The third kappa shape index (κ3) is 4.54. The minimum absolute atomic E-state index is 0.307. The van der Waals surface area contributed by atoms with Crippen molar-refractivity contribution in [3.05, 3.63) is 18.0 Å². The molecule has 0 saturated carbocycles. The lowest BCUT2D eigenvalue weighted by Gasteiger charge is -2.15. The third-order valence-electron chi connectivity index (χ3n) is 2.17. The zero-order valence-electron chi connectivity index (χ0n) is 9.88. The van der Waals surface area contributed by atoms with Crippen LogP contribution in [0.3, 0.4) is 0 Å². The molecule has 0 unspecified atom stereocenters. The number of aromatic nitrogens is 2. The Hall–Kier alpha value is -2.05. The van der Waals surface area contributed by atoms with Crippen LogP contribution in [0.4, 0.5) is 4.79 Å². The maximum absolute atomic E-state index is 11.4. The topological polar surface area (TPSA) is 87.5 Å². The van der Waals surface area contributed by atoms with Crippen LogP contribution in [0.2, 0.25) is 0 Å². The number of likely N-dealkylation sites (N-methyl/N-ethyl adjacent to an activating group) is 1. The first-order chi connectivity index (χ1) is 7.99. The monoisotopic (exact) mass is 240 g/mol. The summed E-state index contributed by atoms with van der Waals surface area (Å²) in [4.78, 5) is 22.9. The second-order valence-electron chi connectivity index (χ2n) is 3.75. The molecule has 0 aliphatic heterocycles. The number of carboxylic acid groups (broad SMARTS) is 1. The van der Waals surface area contributed by atoms with E-state index in [9.17, 15) is 9.59 Å². The standard InChI is InChI=1S/C10H16N4O3/c1-13(7-9(15)16)10(17)11-4-3-8-5-12-14(2)6-8/h5-6H,3-4,7H2,1-2H3,(H,11,17)(H,15,16). The van der Waals surface area contributed by atoms with Gasteiger partial charge in [-0.25, -0.2) is 4.79 Å². The largest absolute Gasteiger partial charge is 0.480 e. The summed E-state index contributed by atoms with van der Waals surface area (Å²) in [5.74, 6) is -1.03. The normalized spacial score (nSPS) is 10.0. The number of hydrogen-bond donors (Lipinski definition) is 2. The Balaban J connectivity index is 2.26. The van der Waals surface area contributed by atoms with E-state index in [-0.39, 0.29) is 6.54 Å². The van der Waals surface area contributed by atoms with Crippen molar-refractivity contribution in [2.75, 3.05) is 20.1 Å². The van der Waals surface area contributed by atoms with Gasteiger partial charge in [0.15, 0.2) is 0 Å². The molecule has 0 aromatic carbocycles. The van der Waals surface area contributed by atoms with Gasteiger partial charge in [0, 0.05) is 26.8 Å². The Bertz CT molecular complexity index is 402. The number of carbonyl (C=O) groups excluding carboxylic acids is 1. The van der Waals surface area contributed by atoms with Gasteiger partial charge in [0.05, 0.1) is 6.20 Å². The molecular formula is C10H16N4O3. The van der Waals surface area contributed by atoms with Gasteiger partial charge in [-0.15, -0.1) is 0 Å². The Morgan fingerprint density at radius 2 is 2.29 bits per heavy atom. The molecule has 94 valence electrons. The van der Waals surface area contributed by atoms with E-state index >= 15 is 0 Å². The van der Waals surface area contributed by atoms with Crippen LogP contribution >= 0.6 is 0 Å². The van der Waals surface area contributed by atoms with Crippen molar-refractivity contribution in [2.24, 2.45) is 7.05 Å². The van der Waals surface area contributed by atoms with E-state index in [0.717, 1.165) is 10.5 Å². The molecule has 0 aliphatic rings. The fourth-order valence-electron chi connectivity index (χ4n) is 1.32. The summed E-state index contributed by atoms with van der Waals surface area (Å²) < 4.78 is 1.69. The van der Waals surface area contributed by atoms with Crippen LogP contribution in [0, 0.1) is 0 Å². The van der Waals surface area contributed by atoms with Crippen LogP contribution in [0.5, 0.6) is 0 Å². The fourth-order valence-corrected chi connectivity index (χ4v) is 1.32. The summed E-state index contributed by atoms with van der Waals surface area (Å²) in [5, 5.41) is 15.1. The van der Waals surface area contributed by atoms with Gasteiger partial charge in [0.1, 0.15) is 6.54 Å². The number of carboxylic acids is 1. The van der Waals surface area contributed by atoms with E-state index in [1.807, 2.05) is 13.2 Å². The molecule has 17 heavy (non-hydrogen) atoms. The molecule has 1 heterocycles. The number of aliphatic carboxylic acids is 1. The highest BCUT2D eigenvalue weighted by atomic mass is 16.4. The molecule has 0 aliphatic carbocycles. The summed E-state index contributed by atoms with van der Waals surface area (Å²) in [6.07, 6.45) is 4.26. The van der Waals surface area contributed by atoms with E-state index in [1.165, 1.54) is 7.05 Å². The highest BCUT2D eigenvalue weighted by Gasteiger charge is 2.10. The van der Waals surface area contributed by atoms with Crippen LogP contribution in [-0.4, -0.2) is 51.9 Å². The van der Waals surface area contributed by atoms with Crippen molar-refractivity contribution in [1.29, 1.82) is 0 Å². The average molecular weight is 240 g/mol. The van der Waals surface area contributed by atoms with Gasteiger partial charge in [-0.3, -0.25) is 9.48 Å². The maximum Gasteiger partial charge on any atom is 0.323 e. The Labute approximate surface area is 99.0 Å². The number of rotatable bonds is 5. The predicted molar refractivity (Wildman–Crippen MR) is 60.6 cm³/mol. The molecule has 7 nitrogen and oxygen atoms in total. The first kappa shape index (κ1) is 13.0. The van der Waals surface area contributed by atoms with Crippen LogP contribution in [0.15, 0.2) is 12.4 Å². The quantitative estimate of drug-likeness (QED) is 0.739. The molecule has 0 saturated heterocycles. The van der Waals surface area contributed by atoms with Crippen molar-refractivity contribution < 1.29 is 14.7 Å². The van der Waals surface area contributed by atoms with Crippen molar-refractivity contribution in [3.8, 4) is 0 Å². The molecular weight excluding hydrogens is 224 g/mol. The number of nitrogens with zero attached hydrogens (tertiary/aromatic N) is 3. The number of urea groups is 1. The summed E-state index contributed by atoms with van der Waals surface area (Å²) in [6.45, 7) is 0.146. The molecule has 0 atom stereocenters. The SMILES string of the molecule is CN(CC(=O)O)C(=O)NCCc1cnn(C)c1. The van der Waals surface area contributed by atoms with Crippen molar-refractivity contribution in [1.82, 2.24) is 20.0 Å². The molecule has 0 fully saturated rings. The van der Waals surface area contributed by atoms with Gasteiger partial charge < -0.3 is 15.3 Å². The summed E-state index contributed by atoms with van der Waals surface area (Å²) >= 11 is 0. The lowest BCUT2D eigenvalue weighted by molar-refractivity contribution is -0.137. The summed E-state index contributed by atoms with van der Waals surface area (Å²) in [5.41, 5.74) is 1.02. The molecule has 1 aromatic heterocycles. The fraction of sp³-hybridized carbons (Fsp3) is 0.500. The summed E-state index contributed by atoms with van der Waals surface area (Å²) in [6, 6.07) is -0.392. The number of nitrogens with one attached hydrogen (secondary N) is 1. The Kier molecular flexibility index (Phi) is 4.50. The van der Waals surface area contributed by atoms with E-state index in [2.05, 4.69) is 10.4 Å². The number of hydrogen-bond acceptors (Lipinski definition) is 3. The molecule has 0 radical (unpaired) electrons. The minimum atomic E-state index is -1.03. The maximum atomic E-state index is 11.4. The predicted octanol–water partition coefficient (Wildman–Crippen LogP) is -0.311. The van der Waals surface area contributed by atoms with Gasteiger partial charge in [-0.1, -0.05) is 0 Å². The van der Waals surface area contributed by atoms with Crippen LogP contribution in [0.1, 0.15) is 5.56 Å². The summed E-state index contributed by atoms with van der Waals surface area (Å²) in [7, 11) is 3.26.